The molecule has 0 radical (unpaired) electrons. The zero-order chi connectivity index (χ0) is 18.9. The fourth-order valence-electron chi connectivity index (χ4n) is 3.82. The third-order valence-corrected chi connectivity index (χ3v) is 5.46. The SMILES string of the molecule is O=C(NCc1ccccc1)c1cnn2c1CN(CC1CC1)Cc1cccnc1-2. The quantitative estimate of drug-likeness (QED) is 0.747. The van der Waals surface area contributed by atoms with E-state index in [2.05, 4.69) is 26.4 Å². The molecule has 0 unspecified atom stereocenters. The smallest absolute Gasteiger partial charge is 0.255 e. The van der Waals surface area contributed by atoms with Gasteiger partial charge in [-0.3, -0.25) is 9.69 Å². The Morgan fingerprint density at radius 1 is 1.11 bits per heavy atom. The van der Waals surface area contributed by atoms with E-state index in [9.17, 15) is 4.79 Å². The Bertz CT molecular complexity index is 993. The average Bonchev–Trinajstić information content (AvgIpc) is 3.47. The first-order chi connectivity index (χ1) is 13.8. The van der Waals surface area contributed by atoms with E-state index in [0.29, 0.717) is 18.7 Å². The molecule has 1 aromatic carbocycles. The summed E-state index contributed by atoms with van der Waals surface area (Å²) in [5.41, 5.74) is 3.79. The molecule has 5 rings (SSSR count). The van der Waals surface area contributed by atoms with Crippen molar-refractivity contribution in [2.24, 2.45) is 5.92 Å². The number of hydrogen-bond donors (Lipinski definition) is 1. The standard InChI is InChI=1S/C22H23N5O/c28-22(24-11-16-5-2-1-3-6-16)19-12-25-27-20(19)15-26(13-17-8-9-17)14-18-7-4-10-23-21(18)27/h1-7,10,12,17H,8-9,11,13-15H2,(H,24,28). The predicted octanol–water partition coefficient (Wildman–Crippen LogP) is 2.92. The summed E-state index contributed by atoms with van der Waals surface area (Å²) in [5, 5.41) is 7.56. The van der Waals surface area contributed by atoms with Gasteiger partial charge < -0.3 is 5.32 Å². The number of rotatable bonds is 5. The van der Waals surface area contributed by atoms with Crippen molar-refractivity contribution in [3.63, 3.8) is 0 Å². The molecule has 1 saturated carbocycles. The van der Waals surface area contributed by atoms with E-state index in [0.717, 1.165) is 41.6 Å². The third kappa shape index (κ3) is 3.43. The van der Waals surface area contributed by atoms with E-state index in [1.54, 1.807) is 12.4 Å². The zero-order valence-corrected chi connectivity index (χ0v) is 15.7. The van der Waals surface area contributed by atoms with E-state index >= 15 is 0 Å². The summed E-state index contributed by atoms with van der Waals surface area (Å²) in [5.74, 6) is 1.53. The summed E-state index contributed by atoms with van der Waals surface area (Å²) in [6.45, 7) is 3.12. The Labute approximate surface area is 164 Å². The number of nitrogens with zero attached hydrogens (tertiary/aromatic N) is 4. The van der Waals surface area contributed by atoms with Gasteiger partial charge in [-0.15, -0.1) is 0 Å². The summed E-state index contributed by atoms with van der Waals surface area (Å²) in [4.78, 5) is 19.9. The molecule has 2 aliphatic rings. The number of aromatic nitrogens is 3. The molecule has 6 nitrogen and oxygen atoms in total. The van der Waals surface area contributed by atoms with Crippen molar-refractivity contribution >= 4 is 5.91 Å². The summed E-state index contributed by atoms with van der Waals surface area (Å²) in [6, 6.07) is 14.0. The molecule has 0 saturated heterocycles. The van der Waals surface area contributed by atoms with Crippen LogP contribution in [-0.2, 0) is 19.6 Å². The monoisotopic (exact) mass is 373 g/mol. The molecule has 6 heteroatoms. The second kappa shape index (κ2) is 7.20. The molecule has 1 amide bonds. The van der Waals surface area contributed by atoms with Crippen LogP contribution < -0.4 is 5.32 Å². The van der Waals surface area contributed by atoms with E-state index in [4.69, 9.17) is 0 Å². The molecular formula is C22H23N5O. The van der Waals surface area contributed by atoms with Gasteiger partial charge in [0.25, 0.3) is 5.91 Å². The first kappa shape index (κ1) is 17.1. The van der Waals surface area contributed by atoms with Crippen molar-refractivity contribution in [1.29, 1.82) is 0 Å². The number of hydrogen-bond acceptors (Lipinski definition) is 4. The Hall–Kier alpha value is -2.99. The average molecular weight is 373 g/mol. The number of carbonyl (C=O) groups is 1. The summed E-state index contributed by atoms with van der Waals surface area (Å²) >= 11 is 0. The van der Waals surface area contributed by atoms with Crippen molar-refractivity contribution in [3.05, 3.63) is 77.2 Å². The van der Waals surface area contributed by atoms with Crippen molar-refractivity contribution in [1.82, 2.24) is 25.0 Å². The molecule has 3 aromatic rings. The molecule has 1 N–H and O–H groups in total. The van der Waals surface area contributed by atoms with Crippen LogP contribution in [0.25, 0.3) is 5.82 Å². The summed E-state index contributed by atoms with van der Waals surface area (Å²) in [6.07, 6.45) is 6.07. The minimum Gasteiger partial charge on any atom is -0.348 e. The minimum absolute atomic E-state index is 0.0872. The lowest BCUT2D eigenvalue weighted by atomic mass is 10.2. The third-order valence-electron chi connectivity index (χ3n) is 5.46. The van der Waals surface area contributed by atoms with E-state index in [1.807, 2.05) is 41.1 Å². The molecule has 0 atom stereocenters. The number of carbonyl (C=O) groups excluding carboxylic acids is 1. The Balaban J connectivity index is 1.44. The zero-order valence-electron chi connectivity index (χ0n) is 15.7. The summed E-state index contributed by atoms with van der Waals surface area (Å²) < 4.78 is 1.85. The lowest BCUT2D eigenvalue weighted by molar-refractivity contribution is 0.0948. The van der Waals surface area contributed by atoms with Crippen LogP contribution >= 0.6 is 0 Å². The van der Waals surface area contributed by atoms with Crippen LogP contribution in [0.2, 0.25) is 0 Å². The highest BCUT2D eigenvalue weighted by atomic mass is 16.1. The number of amides is 1. The molecule has 142 valence electrons. The summed E-state index contributed by atoms with van der Waals surface area (Å²) in [7, 11) is 0. The van der Waals surface area contributed by atoms with Crippen LogP contribution in [0.5, 0.6) is 0 Å². The van der Waals surface area contributed by atoms with Gasteiger partial charge in [0.2, 0.25) is 0 Å². The normalized spacial score (nSPS) is 16.1. The van der Waals surface area contributed by atoms with Gasteiger partial charge in [0.15, 0.2) is 5.82 Å². The number of benzene rings is 1. The second-order valence-electron chi connectivity index (χ2n) is 7.68. The first-order valence-electron chi connectivity index (χ1n) is 9.83. The number of nitrogens with one attached hydrogen (secondary N) is 1. The Morgan fingerprint density at radius 3 is 2.79 bits per heavy atom. The first-order valence-corrected chi connectivity index (χ1v) is 9.83. The molecule has 0 spiro atoms. The van der Waals surface area contributed by atoms with Crippen molar-refractivity contribution in [2.75, 3.05) is 6.54 Å². The molecule has 28 heavy (non-hydrogen) atoms. The fraction of sp³-hybridized carbons (Fsp3) is 0.318. The van der Waals surface area contributed by atoms with Crippen LogP contribution in [-0.4, -0.2) is 32.1 Å². The van der Waals surface area contributed by atoms with Crippen molar-refractivity contribution in [2.45, 2.75) is 32.5 Å². The molecule has 1 aliphatic carbocycles. The molecule has 1 aliphatic heterocycles. The Morgan fingerprint density at radius 2 is 1.96 bits per heavy atom. The van der Waals surface area contributed by atoms with E-state index < -0.39 is 0 Å². The maximum absolute atomic E-state index is 12.9. The van der Waals surface area contributed by atoms with Crippen LogP contribution in [0, 0.1) is 5.92 Å². The van der Waals surface area contributed by atoms with Crippen molar-refractivity contribution < 1.29 is 4.79 Å². The van der Waals surface area contributed by atoms with Crippen molar-refractivity contribution in [3.8, 4) is 5.82 Å². The number of fused-ring (bicyclic) bond motifs is 3. The van der Waals surface area contributed by atoms with Gasteiger partial charge in [0.1, 0.15) is 0 Å². The second-order valence-corrected chi connectivity index (χ2v) is 7.68. The fourth-order valence-corrected chi connectivity index (χ4v) is 3.82. The van der Waals surface area contributed by atoms with Crippen LogP contribution in [0.1, 0.15) is 40.0 Å². The highest BCUT2D eigenvalue weighted by molar-refractivity contribution is 5.95. The lowest BCUT2D eigenvalue weighted by Gasteiger charge is -2.20. The highest BCUT2D eigenvalue weighted by Gasteiger charge is 2.30. The maximum Gasteiger partial charge on any atom is 0.255 e. The van der Waals surface area contributed by atoms with Gasteiger partial charge in [0, 0.05) is 37.9 Å². The van der Waals surface area contributed by atoms with Gasteiger partial charge in [0.05, 0.1) is 17.5 Å². The molecule has 2 aromatic heterocycles. The van der Waals surface area contributed by atoms with E-state index in [1.165, 1.54) is 12.8 Å². The molecular weight excluding hydrogens is 350 g/mol. The van der Waals surface area contributed by atoms with Crippen LogP contribution in [0.4, 0.5) is 0 Å². The number of pyridine rings is 1. The molecule has 3 heterocycles. The van der Waals surface area contributed by atoms with Gasteiger partial charge in [-0.25, -0.2) is 9.67 Å². The predicted molar refractivity (Wildman–Crippen MR) is 106 cm³/mol. The van der Waals surface area contributed by atoms with Gasteiger partial charge in [-0.1, -0.05) is 36.4 Å². The molecule has 1 fully saturated rings. The van der Waals surface area contributed by atoms with Crippen LogP contribution in [0.3, 0.4) is 0 Å². The topological polar surface area (TPSA) is 63.1 Å². The van der Waals surface area contributed by atoms with Gasteiger partial charge in [-0.2, -0.15) is 5.10 Å². The maximum atomic E-state index is 12.9. The largest absolute Gasteiger partial charge is 0.348 e. The highest BCUT2D eigenvalue weighted by Crippen LogP contribution is 2.32. The molecule has 0 bridgehead atoms. The van der Waals surface area contributed by atoms with Crippen LogP contribution in [0.15, 0.2) is 54.9 Å². The van der Waals surface area contributed by atoms with Gasteiger partial charge >= 0.3 is 0 Å². The Kier molecular flexibility index (Phi) is 4.41. The minimum atomic E-state index is -0.0872. The lowest BCUT2D eigenvalue weighted by Crippen LogP contribution is -2.27. The van der Waals surface area contributed by atoms with E-state index in [-0.39, 0.29) is 5.91 Å². The van der Waals surface area contributed by atoms with Gasteiger partial charge in [-0.05, 0) is 30.4 Å².